The molecule has 0 unspecified atom stereocenters. The van der Waals surface area contributed by atoms with Crippen molar-refractivity contribution in [2.45, 2.75) is 12.8 Å². The summed E-state index contributed by atoms with van der Waals surface area (Å²) in [6.07, 6.45) is 1.36. The number of likely N-dealkylation sites (tertiary alicyclic amines) is 1. The number of nitrogens with zero attached hydrogens (tertiary/aromatic N) is 2. The lowest BCUT2D eigenvalue weighted by Gasteiger charge is -2.31. The van der Waals surface area contributed by atoms with Crippen LogP contribution in [-0.4, -0.2) is 48.4 Å². The number of amides is 2. The topological polar surface area (TPSA) is 125 Å². The van der Waals surface area contributed by atoms with Gasteiger partial charge in [0.25, 0.3) is 11.6 Å². The molecule has 2 amide bonds. The zero-order valence-corrected chi connectivity index (χ0v) is 13.3. The van der Waals surface area contributed by atoms with E-state index in [9.17, 15) is 19.7 Å². The van der Waals surface area contributed by atoms with Gasteiger partial charge in [-0.3, -0.25) is 19.7 Å². The van der Waals surface area contributed by atoms with Gasteiger partial charge in [-0.25, -0.2) is 0 Å². The first-order chi connectivity index (χ1) is 11.4. The highest BCUT2D eigenvalue weighted by atomic mass is 16.6. The fraction of sp³-hybridized carbons (Fsp3) is 0.467. The number of primary amides is 1. The Morgan fingerprint density at radius 2 is 2.17 bits per heavy atom. The lowest BCUT2D eigenvalue weighted by Crippen LogP contribution is -2.45. The van der Waals surface area contributed by atoms with Crippen LogP contribution in [-0.2, 0) is 9.59 Å². The van der Waals surface area contributed by atoms with Gasteiger partial charge in [0.2, 0.25) is 5.91 Å². The number of nitrogens with two attached hydrogens (primary N) is 1. The van der Waals surface area contributed by atoms with E-state index in [-0.39, 0.29) is 36.4 Å². The third-order valence-corrected chi connectivity index (χ3v) is 3.89. The number of carbonyl (C=O) groups is 2. The highest BCUT2D eigenvalue weighted by Gasteiger charge is 2.27. The van der Waals surface area contributed by atoms with Gasteiger partial charge in [0.15, 0.2) is 18.1 Å². The van der Waals surface area contributed by atoms with Crippen LogP contribution in [0.3, 0.4) is 0 Å². The van der Waals surface area contributed by atoms with Gasteiger partial charge in [0.1, 0.15) is 0 Å². The first kappa shape index (κ1) is 17.5. The highest BCUT2D eigenvalue weighted by Crippen LogP contribution is 2.31. The summed E-state index contributed by atoms with van der Waals surface area (Å²) in [5.74, 6) is -0.677. The summed E-state index contributed by atoms with van der Waals surface area (Å²) < 4.78 is 10.5. The quantitative estimate of drug-likeness (QED) is 0.602. The van der Waals surface area contributed by atoms with Crippen molar-refractivity contribution in [3.05, 3.63) is 28.3 Å². The summed E-state index contributed by atoms with van der Waals surface area (Å²) >= 11 is 0. The second-order valence-electron chi connectivity index (χ2n) is 5.46. The molecule has 9 nitrogen and oxygen atoms in total. The van der Waals surface area contributed by atoms with Gasteiger partial charge in [0.05, 0.1) is 24.0 Å². The van der Waals surface area contributed by atoms with Crippen molar-refractivity contribution in [2.24, 2.45) is 11.7 Å². The average Bonchev–Trinajstić information content (AvgIpc) is 2.59. The molecule has 1 heterocycles. The molecule has 9 heteroatoms. The molecule has 24 heavy (non-hydrogen) atoms. The number of rotatable bonds is 6. The molecule has 130 valence electrons. The Morgan fingerprint density at radius 3 is 2.79 bits per heavy atom. The molecule has 0 aliphatic carbocycles. The summed E-state index contributed by atoms with van der Waals surface area (Å²) in [6.45, 7) is 0.491. The number of ether oxygens (including phenoxy) is 2. The number of nitro benzene ring substituents is 1. The highest BCUT2D eigenvalue weighted by molar-refractivity contribution is 5.81. The van der Waals surface area contributed by atoms with Crippen LogP contribution in [0.15, 0.2) is 18.2 Å². The zero-order valence-electron chi connectivity index (χ0n) is 13.3. The Bertz CT molecular complexity index is 648. The molecule has 0 aromatic heterocycles. The molecule has 1 fully saturated rings. The van der Waals surface area contributed by atoms with E-state index in [0.717, 1.165) is 0 Å². The van der Waals surface area contributed by atoms with Gasteiger partial charge in [-0.05, 0) is 18.9 Å². The SMILES string of the molecule is COc1ccc([N+](=O)[O-])cc1OCC(=O)N1CCC[C@H](C(N)=O)C1. The Balaban J connectivity index is 2.02. The number of methoxy groups -OCH3 is 1. The fourth-order valence-electron chi connectivity index (χ4n) is 2.56. The van der Waals surface area contributed by atoms with Crippen molar-refractivity contribution >= 4 is 17.5 Å². The maximum Gasteiger partial charge on any atom is 0.273 e. The van der Waals surface area contributed by atoms with E-state index in [1.807, 2.05) is 0 Å². The van der Waals surface area contributed by atoms with Crippen LogP contribution in [0.1, 0.15) is 12.8 Å². The van der Waals surface area contributed by atoms with Crippen LogP contribution in [0.4, 0.5) is 5.69 Å². The first-order valence-electron chi connectivity index (χ1n) is 7.44. The number of benzene rings is 1. The number of nitro groups is 1. The van der Waals surface area contributed by atoms with Gasteiger partial charge < -0.3 is 20.1 Å². The molecular weight excluding hydrogens is 318 g/mol. The minimum Gasteiger partial charge on any atom is -0.493 e. The minimum atomic E-state index is -0.559. The van der Waals surface area contributed by atoms with Crippen molar-refractivity contribution in [1.29, 1.82) is 0 Å². The monoisotopic (exact) mass is 337 g/mol. The van der Waals surface area contributed by atoms with E-state index >= 15 is 0 Å². The Labute approximate surface area is 138 Å². The lowest BCUT2D eigenvalue weighted by atomic mass is 9.97. The van der Waals surface area contributed by atoms with E-state index in [1.165, 1.54) is 30.2 Å². The van der Waals surface area contributed by atoms with Crippen LogP contribution in [0.2, 0.25) is 0 Å². The number of hydrogen-bond acceptors (Lipinski definition) is 6. The molecular formula is C15H19N3O6. The smallest absolute Gasteiger partial charge is 0.273 e. The molecule has 0 spiro atoms. The normalized spacial score (nSPS) is 17.2. The van der Waals surface area contributed by atoms with Crippen LogP contribution in [0.25, 0.3) is 0 Å². The summed E-state index contributed by atoms with van der Waals surface area (Å²) in [5, 5.41) is 10.8. The number of hydrogen-bond donors (Lipinski definition) is 1. The van der Waals surface area contributed by atoms with Gasteiger partial charge in [0, 0.05) is 19.2 Å². The molecule has 1 atom stereocenters. The Morgan fingerprint density at radius 1 is 1.42 bits per heavy atom. The summed E-state index contributed by atoms with van der Waals surface area (Å²) in [7, 11) is 1.40. The Hall–Kier alpha value is -2.84. The predicted octanol–water partition coefficient (Wildman–Crippen LogP) is 0.706. The number of non-ortho nitro benzene ring substituents is 1. The van der Waals surface area contributed by atoms with Gasteiger partial charge >= 0.3 is 0 Å². The molecule has 0 radical (unpaired) electrons. The largest absolute Gasteiger partial charge is 0.493 e. The van der Waals surface area contributed by atoms with Crippen LogP contribution in [0, 0.1) is 16.0 Å². The molecule has 1 aliphatic heterocycles. The Kier molecular flexibility index (Phi) is 5.56. The average molecular weight is 337 g/mol. The van der Waals surface area contributed by atoms with E-state index < -0.39 is 10.8 Å². The molecule has 0 bridgehead atoms. The second-order valence-corrected chi connectivity index (χ2v) is 5.46. The van der Waals surface area contributed by atoms with Crippen molar-refractivity contribution in [3.8, 4) is 11.5 Å². The summed E-state index contributed by atoms with van der Waals surface area (Å²) in [6, 6.07) is 3.89. The first-order valence-corrected chi connectivity index (χ1v) is 7.44. The zero-order chi connectivity index (χ0) is 17.7. The second kappa shape index (κ2) is 7.62. The molecule has 1 saturated heterocycles. The maximum absolute atomic E-state index is 12.2. The van der Waals surface area contributed by atoms with E-state index in [4.69, 9.17) is 15.2 Å². The van der Waals surface area contributed by atoms with Gasteiger partial charge in [-0.15, -0.1) is 0 Å². The molecule has 2 N–H and O–H groups in total. The maximum atomic E-state index is 12.2. The molecule has 1 aromatic rings. The number of carbonyl (C=O) groups excluding carboxylic acids is 2. The van der Waals surface area contributed by atoms with Crippen molar-refractivity contribution < 1.29 is 24.0 Å². The summed E-state index contributed by atoms with van der Waals surface area (Å²) in [5.41, 5.74) is 5.13. The molecule has 2 rings (SSSR count). The molecule has 1 aliphatic rings. The predicted molar refractivity (Wildman–Crippen MR) is 83.6 cm³/mol. The van der Waals surface area contributed by atoms with Crippen molar-refractivity contribution in [1.82, 2.24) is 4.90 Å². The number of piperidine rings is 1. The van der Waals surface area contributed by atoms with E-state index in [0.29, 0.717) is 25.1 Å². The van der Waals surface area contributed by atoms with Gasteiger partial charge in [-0.1, -0.05) is 0 Å². The molecule has 0 saturated carbocycles. The summed E-state index contributed by atoms with van der Waals surface area (Å²) in [4.78, 5) is 35.3. The van der Waals surface area contributed by atoms with Crippen LogP contribution < -0.4 is 15.2 Å². The standard InChI is InChI=1S/C15H19N3O6/c1-23-12-5-4-11(18(21)22)7-13(12)24-9-14(19)17-6-2-3-10(8-17)15(16)20/h4-5,7,10H,2-3,6,8-9H2,1H3,(H2,16,20)/t10-/m0/s1. The molecule has 1 aromatic carbocycles. The van der Waals surface area contributed by atoms with E-state index in [2.05, 4.69) is 0 Å². The van der Waals surface area contributed by atoms with Crippen LogP contribution in [0.5, 0.6) is 11.5 Å². The minimum absolute atomic E-state index is 0.114. The fourth-order valence-corrected chi connectivity index (χ4v) is 2.56. The van der Waals surface area contributed by atoms with E-state index in [1.54, 1.807) is 0 Å². The van der Waals surface area contributed by atoms with Crippen molar-refractivity contribution in [3.63, 3.8) is 0 Å². The van der Waals surface area contributed by atoms with Crippen LogP contribution >= 0.6 is 0 Å². The van der Waals surface area contributed by atoms with Gasteiger partial charge in [-0.2, -0.15) is 0 Å². The third kappa shape index (κ3) is 4.12. The van der Waals surface area contributed by atoms with Crippen molar-refractivity contribution in [2.75, 3.05) is 26.8 Å². The third-order valence-electron chi connectivity index (χ3n) is 3.89. The lowest BCUT2D eigenvalue weighted by molar-refractivity contribution is -0.385.